The molecule has 4 rings (SSSR count). The number of nitrogens with zero attached hydrogens (tertiary/aromatic N) is 1. The Labute approximate surface area is 165 Å². The highest BCUT2D eigenvalue weighted by atomic mass is 35.5. The van der Waals surface area contributed by atoms with Crippen molar-refractivity contribution in [1.82, 2.24) is 4.98 Å². The van der Waals surface area contributed by atoms with Crippen molar-refractivity contribution in [1.29, 1.82) is 0 Å². The molecular weight excluding hydrogens is 386 g/mol. The van der Waals surface area contributed by atoms with Crippen LogP contribution in [0.3, 0.4) is 0 Å². The minimum atomic E-state index is -0.147. The van der Waals surface area contributed by atoms with Gasteiger partial charge in [-0.15, -0.1) is 11.3 Å². The highest BCUT2D eigenvalue weighted by molar-refractivity contribution is 7.13. The van der Waals surface area contributed by atoms with Crippen LogP contribution in [-0.4, -0.2) is 24.1 Å². The number of hydrogen-bond acceptors (Lipinski definition) is 6. The van der Waals surface area contributed by atoms with Crippen molar-refractivity contribution >= 4 is 45.4 Å². The monoisotopic (exact) mass is 401 g/mol. The summed E-state index contributed by atoms with van der Waals surface area (Å²) < 4.78 is 11.0. The normalized spacial score (nSPS) is 12.5. The molecule has 0 bridgehead atoms. The lowest BCUT2D eigenvalue weighted by Crippen LogP contribution is -2.17. The van der Waals surface area contributed by atoms with Gasteiger partial charge in [0.2, 0.25) is 5.91 Å². The first-order valence-electron chi connectivity index (χ1n) is 8.32. The Hall–Kier alpha value is -2.77. The minimum absolute atomic E-state index is 0.147. The predicted octanol–water partition coefficient (Wildman–Crippen LogP) is 4.49. The lowest BCUT2D eigenvalue weighted by molar-refractivity contribution is -0.115. The van der Waals surface area contributed by atoms with Crippen LogP contribution >= 0.6 is 22.9 Å². The van der Waals surface area contributed by atoms with Gasteiger partial charge in [0.25, 0.3) is 0 Å². The van der Waals surface area contributed by atoms with E-state index >= 15 is 0 Å². The highest BCUT2D eigenvalue weighted by Crippen LogP contribution is 2.32. The molecule has 1 aromatic heterocycles. The van der Waals surface area contributed by atoms with Crippen LogP contribution in [0.1, 0.15) is 5.69 Å². The van der Waals surface area contributed by atoms with Gasteiger partial charge in [-0.2, -0.15) is 0 Å². The molecule has 2 heterocycles. The van der Waals surface area contributed by atoms with Crippen molar-refractivity contribution < 1.29 is 14.3 Å². The lowest BCUT2D eigenvalue weighted by atomic mass is 10.2. The van der Waals surface area contributed by atoms with Gasteiger partial charge in [-0.3, -0.25) is 4.79 Å². The SMILES string of the molecule is O=C(Cc1csc(Nc2cccc(Cl)c2)n1)Nc1ccc2c(c1)OCCO2. The smallest absolute Gasteiger partial charge is 0.230 e. The first kappa shape index (κ1) is 17.6. The first-order valence-corrected chi connectivity index (χ1v) is 9.58. The third-order valence-corrected chi connectivity index (χ3v) is 4.84. The molecule has 3 aromatic rings. The molecule has 138 valence electrons. The van der Waals surface area contributed by atoms with Gasteiger partial charge < -0.3 is 20.1 Å². The Morgan fingerprint density at radius 1 is 1.11 bits per heavy atom. The molecule has 27 heavy (non-hydrogen) atoms. The third kappa shape index (κ3) is 4.50. The molecule has 2 aromatic carbocycles. The Morgan fingerprint density at radius 3 is 2.81 bits per heavy atom. The average Bonchev–Trinajstić information content (AvgIpc) is 3.08. The Balaban J connectivity index is 1.36. The van der Waals surface area contributed by atoms with E-state index in [4.69, 9.17) is 21.1 Å². The van der Waals surface area contributed by atoms with Gasteiger partial charge in [-0.05, 0) is 30.3 Å². The number of anilines is 3. The van der Waals surface area contributed by atoms with Crippen molar-refractivity contribution in [3.8, 4) is 11.5 Å². The lowest BCUT2D eigenvalue weighted by Gasteiger charge is -2.18. The standard InChI is InChI=1S/C19H16ClN3O3S/c20-12-2-1-3-13(8-12)22-19-23-15(11-27-19)10-18(24)21-14-4-5-16-17(9-14)26-7-6-25-16/h1-5,8-9,11H,6-7,10H2,(H,21,24)(H,22,23). The summed E-state index contributed by atoms with van der Waals surface area (Å²) in [6.45, 7) is 1.04. The predicted molar refractivity (Wildman–Crippen MR) is 107 cm³/mol. The fourth-order valence-corrected chi connectivity index (χ4v) is 3.55. The van der Waals surface area contributed by atoms with Gasteiger partial charge >= 0.3 is 0 Å². The Morgan fingerprint density at radius 2 is 1.96 bits per heavy atom. The van der Waals surface area contributed by atoms with Crippen LogP contribution in [0.2, 0.25) is 5.02 Å². The van der Waals surface area contributed by atoms with E-state index < -0.39 is 0 Å². The van der Waals surface area contributed by atoms with Crippen molar-refractivity contribution in [3.63, 3.8) is 0 Å². The summed E-state index contributed by atoms with van der Waals surface area (Å²) in [6, 6.07) is 12.7. The molecule has 0 aliphatic carbocycles. The number of amides is 1. The van der Waals surface area contributed by atoms with Gasteiger partial charge in [-0.1, -0.05) is 17.7 Å². The van der Waals surface area contributed by atoms with Gasteiger partial charge in [0.1, 0.15) is 13.2 Å². The molecule has 1 aliphatic rings. The molecule has 6 nitrogen and oxygen atoms in total. The maximum Gasteiger partial charge on any atom is 0.230 e. The zero-order valence-corrected chi connectivity index (χ0v) is 15.8. The van der Waals surface area contributed by atoms with Crippen LogP contribution in [0.25, 0.3) is 0 Å². The molecule has 0 fully saturated rings. The van der Waals surface area contributed by atoms with Crippen LogP contribution < -0.4 is 20.1 Å². The number of carbonyl (C=O) groups excluding carboxylic acids is 1. The average molecular weight is 402 g/mol. The number of halogens is 1. The molecule has 0 spiro atoms. The molecule has 1 aliphatic heterocycles. The molecule has 8 heteroatoms. The van der Waals surface area contributed by atoms with Crippen LogP contribution in [-0.2, 0) is 11.2 Å². The summed E-state index contributed by atoms with van der Waals surface area (Å²) in [6.07, 6.45) is 0.183. The van der Waals surface area contributed by atoms with Crippen molar-refractivity contribution in [2.75, 3.05) is 23.8 Å². The molecule has 2 N–H and O–H groups in total. The van der Waals surface area contributed by atoms with Gasteiger partial charge in [0.15, 0.2) is 16.6 Å². The van der Waals surface area contributed by atoms with E-state index in [1.807, 2.05) is 29.6 Å². The summed E-state index contributed by atoms with van der Waals surface area (Å²) in [5.41, 5.74) is 2.21. The van der Waals surface area contributed by atoms with E-state index in [1.165, 1.54) is 11.3 Å². The maximum absolute atomic E-state index is 12.3. The Kier molecular flexibility index (Phi) is 5.13. The number of thiazole rings is 1. The fraction of sp³-hybridized carbons (Fsp3) is 0.158. The number of rotatable bonds is 5. The van der Waals surface area contributed by atoms with Gasteiger partial charge in [0.05, 0.1) is 12.1 Å². The van der Waals surface area contributed by atoms with Crippen LogP contribution in [0.5, 0.6) is 11.5 Å². The van der Waals surface area contributed by atoms with Crippen LogP contribution in [0, 0.1) is 0 Å². The second kappa shape index (κ2) is 7.85. The number of carbonyl (C=O) groups is 1. The molecular formula is C19H16ClN3O3S. The van der Waals surface area contributed by atoms with E-state index in [-0.39, 0.29) is 12.3 Å². The second-order valence-corrected chi connectivity index (χ2v) is 7.16. The van der Waals surface area contributed by atoms with Crippen LogP contribution in [0.4, 0.5) is 16.5 Å². The summed E-state index contributed by atoms with van der Waals surface area (Å²) in [5.74, 6) is 1.18. The van der Waals surface area contributed by atoms with E-state index in [1.54, 1.807) is 18.2 Å². The quantitative estimate of drug-likeness (QED) is 0.658. The minimum Gasteiger partial charge on any atom is -0.486 e. The number of fused-ring (bicyclic) bond motifs is 1. The van der Waals surface area contributed by atoms with E-state index in [9.17, 15) is 4.79 Å². The molecule has 0 saturated carbocycles. The maximum atomic E-state index is 12.3. The largest absolute Gasteiger partial charge is 0.486 e. The highest BCUT2D eigenvalue weighted by Gasteiger charge is 2.14. The molecule has 0 radical (unpaired) electrons. The van der Waals surface area contributed by atoms with Crippen molar-refractivity contribution in [2.24, 2.45) is 0 Å². The van der Waals surface area contributed by atoms with Crippen molar-refractivity contribution in [3.05, 3.63) is 58.6 Å². The molecule has 1 amide bonds. The van der Waals surface area contributed by atoms with Gasteiger partial charge in [-0.25, -0.2) is 4.98 Å². The number of ether oxygens (including phenoxy) is 2. The second-order valence-electron chi connectivity index (χ2n) is 5.86. The summed E-state index contributed by atoms with van der Waals surface area (Å²) in [7, 11) is 0. The number of benzene rings is 2. The van der Waals surface area contributed by atoms with E-state index in [2.05, 4.69) is 15.6 Å². The summed E-state index contributed by atoms with van der Waals surface area (Å²) >= 11 is 7.42. The zero-order valence-electron chi connectivity index (χ0n) is 14.2. The number of hydrogen-bond donors (Lipinski definition) is 2. The summed E-state index contributed by atoms with van der Waals surface area (Å²) in [4.78, 5) is 16.8. The van der Waals surface area contributed by atoms with Gasteiger partial charge in [0, 0.05) is 27.8 Å². The summed E-state index contributed by atoms with van der Waals surface area (Å²) in [5, 5.41) is 9.26. The zero-order chi connectivity index (χ0) is 18.6. The molecule has 0 saturated heterocycles. The molecule has 0 unspecified atom stereocenters. The third-order valence-electron chi connectivity index (χ3n) is 3.80. The van der Waals surface area contributed by atoms with Crippen LogP contribution in [0.15, 0.2) is 47.8 Å². The Bertz CT molecular complexity index is 976. The first-order chi connectivity index (χ1) is 13.2. The topological polar surface area (TPSA) is 72.5 Å². The number of nitrogens with one attached hydrogen (secondary N) is 2. The van der Waals surface area contributed by atoms with E-state index in [0.29, 0.717) is 46.2 Å². The number of aromatic nitrogens is 1. The van der Waals surface area contributed by atoms with Crippen molar-refractivity contribution in [2.45, 2.75) is 6.42 Å². The van der Waals surface area contributed by atoms with E-state index in [0.717, 1.165) is 5.69 Å². The fourth-order valence-electron chi connectivity index (χ4n) is 2.63. The molecule has 0 atom stereocenters.